The number of carbonyl (C=O) groups excluding carboxylic acids is 1. The number of hydrogen-bond donors (Lipinski definition) is 1. The number of hydrogen-bond acceptors (Lipinski definition) is 6. The van der Waals surface area contributed by atoms with Crippen molar-refractivity contribution in [3.05, 3.63) is 48.0 Å². The van der Waals surface area contributed by atoms with Gasteiger partial charge < -0.3 is 19.7 Å². The first-order valence-electron chi connectivity index (χ1n) is 11.0. The summed E-state index contributed by atoms with van der Waals surface area (Å²) >= 11 is 0. The second-order valence-electron chi connectivity index (χ2n) is 7.62. The summed E-state index contributed by atoms with van der Waals surface area (Å²) in [6, 6.07) is 10.5. The average molecular weight is 498 g/mol. The zero-order valence-electron chi connectivity index (χ0n) is 19.2. The Morgan fingerprint density at radius 3 is 2.35 bits per heavy atom. The molecule has 0 atom stereocenters. The van der Waals surface area contributed by atoms with Gasteiger partial charge in [0.1, 0.15) is 5.75 Å². The van der Waals surface area contributed by atoms with E-state index in [2.05, 4.69) is 10.1 Å². The summed E-state index contributed by atoms with van der Waals surface area (Å²) in [7, 11) is -3.74. The van der Waals surface area contributed by atoms with Gasteiger partial charge in [-0.2, -0.15) is 13.1 Å². The Morgan fingerprint density at radius 2 is 1.76 bits per heavy atom. The van der Waals surface area contributed by atoms with Gasteiger partial charge in [0.25, 0.3) is 0 Å². The summed E-state index contributed by atoms with van der Waals surface area (Å²) in [5.74, 6) is -0.360. The molecule has 3 rings (SSSR count). The van der Waals surface area contributed by atoms with Crippen LogP contribution in [0.2, 0.25) is 0 Å². The molecule has 11 heteroatoms. The molecule has 1 fully saturated rings. The van der Waals surface area contributed by atoms with E-state index in [0.29, 0.717) is 43.2 Å². The molecule has 1 aliphatic rings. The number of alkyl halides is 2. The van der Waals surface area contributed by atoms with Crippen molar-refractivity contribution < 1.29 is 31.5 Å². The van der Waals surface area contributed by atoms with Crippen LogP contribution in [0.1, 0.15) is 19.4 Å². The van der Waals surface area contributed by atoms with Crippen molar-refractivity contribution in [3.8, 4) is 5.75 Å². The van der Waals surface area contributed by atoms with E-state index in [1.807, 2.05) is 18.7 Å². The molecule has 8 nitrogen and oxygen atoms in total. The Kier molecular flexibility index (Phi) is 8.81. The first-order valence-corrected chi connectivity index (χ1v) is 12.5. The highest BCUT2D eigenvalue weighted by Crippen LogP contribution is 2.31. The minimum Gasteiger partial charge on any atom is -0.435 e. The number of anilines is 2. The molecular weight excluding hydrogens is 468 g/mol. The molecule has 0 aliphatic carbocycles. The summed E-state index contributed by atoms with van der Waals surface area (Å²) in [6.45, 7) is 3.56. The van der Waals surface area contributed by atoms with Crippen molar-refractivity contribution in [1.82, 2.24) is 4.31 Å². The number of nitrogens with zero attached hydrogens (tertiary/aromatic N) is 2. The molecule has 1 amide bonds. The zero-order chi connectivity index (χ0) is 24.7. The summed E-state index contributed by atoms with van der Waals surface area (Å²) < 4.78 is 61.9. The first-order chi connectivity index (χ1) is 16.2. The molecule has 0 radical (unpaired) electrons. The van der Waals surface area contributed by atoms with Gasteiger partial charge in [-0.25, -0.2) is 8.42 Å². The van der Waals surface area contributed by atoms with Gasteiger partial charge in [0.2, 0.25) is 15.9 Å². The van der Waals surface area contributed by atoms with Crippen molar-refractivity contribution in [2.75, 3.05) is 49.6 Å². The van der Waals surface area contributed by atoms with Gasteiger partial charge in [0.15, 0.2) is 0 Å². The summed E-state index contributed by atoms with van der Waals surface area (Å²) in [5.41, 5.74) is 1.70. The lowest BCUT2D eigenvalue weighted by Gasteiger charge is -2.28. The summed E-state index contributed by atoms with van der Waals surface area (Å²) in [4.78, 5) is 14.9. The molecule has 2 aromatic carbocycles. The van der Waals surface area contributed by atoms with Crippen molar-refractivity contribution in [1.29, 1.82) is 0 Å². The van der Waals surface area contributed by atoms with E-state index in [0.717, 1.165) is 0 Å². The number of carbonyl (C=O) groups is 1. The smallest absolute Gasteiger partial charge is 0.387 e. The third kappa shape index (κ3) is 6.43. The average Bonchev–Trinajstić information content (AvgIpc) is 2.82. The molecule has 2 aromatic rings. The molecule has 1 heterocycles. The zero-order valence-corrected chi connectivity index (χ0v) is 20.0. The second kappa shape index (κ2) is 11.6. The van der Waals surface area contributed by atoms with Crippen LogP contribution in [-0.2, 0) is 26.0 Å². The van der Waals surface area contributed by atoms with E-state index < -0.39 is 16.6 Å². The summed E-state index contributed by atoms with van der Waals surface area (Å²) in [6.07, 6.45) is -0.0207. The molecule has 34 heavy (non-hydrogen) atoms. The van der Waals surface area contributed by atoms with Crippen LogP contribution in [0, 0.1) is 0 Å². The highest BCUT2D eigenvalue weighted by Gasteiger charge is 2.27. The number of rotatable bonds is 10. The molecular formula is C23H29F2N3O5S. The lowest BCUT2D eigenvalue weighted by Crippen LogP contribution is -2.40. The van der Waals surface area contributed by atoms with Gasteiger partial charge in [-0.05, 0) is 49.7 Å². The number of sulfonamides is 1. The van der Waals surface area contributed by atoms with Gasteiger partial charge in [0.05, 0.1) is 35.9 Å². The normalized spacial score (nSPS) is 14.7. The van der Waals surface area contributed by atoms with Gasteiger partial charge in [-0.1, -0.05) is 12.1 Å². The van der Waals surface area contributed by atoms with E-state index in [1.54, 1.807) is 12.1 Å². The van der Waals surface area contributed by atoms with Crippen LogP contribution in [-0.4, -0.2) is 64.6 Å². The van der Waals surface area contributed by atoms with Gasteiger partial charge in [0, 0.05) is 26.2 Å². The Hall–Kier alpha value is -2.76. The minimum absolute atomic E-state index is 0.00370. The van der Waals surface area contributed by atoms with Crippen LogP contribution in [0.4, 0.5) is 20.2 Å². The van der Waals surface area contributed by atoms with Crippen molar-refractivity contribution in [2.45, 2.75) is 31.8 Å². The largest absolute Gasteiger partial charge is 0.435 e. The summed E-state index contributed by atoms with van der Waals surface area (Å²) in [5, 5.41) is 2.83. The Bertz CT molecular complexity index is 1070. The first kappa shape index (κ1) is 25.9. The maximum Gasteiger partial charge on any atom is 0.387 e. The number of halogens is 2. The second-order valence-corrected chi connectivity index (χ2v) is 9.55. The third-order valence-electron chi connectivity index (χ3n) is 5.47. The van der Waals surface area contributed by atoms with E-state index >= 15 is 0 Å². The highest BCUT2D eigenvalue weighted by molar-refractivity contribution is 7.89. The molecule has 1 saturated heterocycles. The van der Waals surface area contributed by atoms with E-state index in [9.17, 15) is 22.0 Å². The fourth-order valence-electron chi connectivity index (χ4n) is 3.72. The van der Waals surface area contributed by atoms with Crippen LogP contribution in [0.3, 0.4) is 0 Å². The quantitative estimate of drug-likeness (QED) is 0.542. The van der Waals surface area contributed by atoms with Crippen molar-refractivity contribution in [3.63, 3.8) is 0 Å². The number of benzene rings is 2. The minimum atomic E-state index is -3.74. The van der Waals surface area contributed by atoms with Crippen LogP contribution in [0.25, 0.3) is 0 Å². The Balaban J connectivity index is 1.83. The van der Waals surface area contributed by atoms with E-state index in [-0.39, 0.29) is 36.1 Å². The SMILES string of the molecule is CCN(CC)c1ccc(S(=O)(=O)N2CCOCC2)cc1NC(=O)Cc1ccc(OC(F)F)cc1. The standard InChI is InChI=1S/C23H29F2N3O5S/c1-3-27(4-2)21-10-9-19(34(30,31)28-11-13-32-14-12-28)16-20(21)26-22(29)15-17-5-7-18(8-6-17)33-23(24)25/h5-10,16,23H,3-4,11-15H2,1-2H3,(H,26,29). The number of nitrogens with one attached hydrogen (secondary N) is 1. The molecule has 1 aliphatic heterocycles. The van der Waals surface area contributed by atoms with E-state index in [1.165, 1.54) is 34.6 Å². The van der Waals surface area contributed by atoms with Crippen LogP contribution in [0.15, 0.2) is 47.4 Å². The predicted molar refractivity (Wildman–Crippen MR) is 125 cm³/mol. The molecule has 0 aromatic heterocycles. The van der Waals surface area contributed by atoms with Crippen molar-refractivity contribution >= 4 is 27.3 Å². The van der Waals surface area contributed by atoms with E-state index in [4.69, 9.17) is 4.74 Å². The maximum atomic E-state index is 13.1. The fourth-order valence-corrected chi connectivity index (χ4v) is 5.16. The van der Waals surface area contributed by atoms with Crippen LogP contribution in [0.5, 0.6) is 5.75 Å². The fraction of sp³-hybridized carbons (Fsp3) is 0.435. The molecule has 0 spiro atoms. The lowest BCUT2D eigenvalue weighted by molar-refractivity contribution is -0.115. The third-order valence-corrected chi connectivity index (χ3v) is 7.36. The van der Waals surface area contributed by atoms with Crippen LogP contribution >= 0.6 is 0 Å². The van der Waals surface area contributed by atoms with Crippen molar-refractivity contribution in [2.24, 2.45) is 0 Å². The monoisotopic (exact) mass is 497 g/mol. The Morgan fingerprint density at radius 1 is 1.12 bits per heavy atom. The molecule has 0 unspecified atom stereocenters. The highest BCUT2D eigenvalue weighted by atomic mass is 32.2. The topological polar surface area (TPSA) is 88.2 Å². The van der Waals surface area contributed by atoms with Crippen LogP contribution < -0.4 is 15.0 Å². The van der Waals surface area contributed by atoms with Gasteiger partial charge >= 0.3 is 6.61 Å². The molecule has 1 N–H and O–H groups in total. The maximum absolute atomic E-state index is 13.1. The Labute approximate surface area is 198 Å². The lowest BCUT2D eigenvalue weighted by atomic mass is 10.1. The number of ether oxygens (including phenoxy) is 2. The molecule has 0 saturated carbocycles. The number of morpholine rings is 1. The number of amides is 1. The molecule has 0 bridgehead atoms. The molecule has 186 valence electrons. The van der Waals surface area contributed by atoms with Gasteiger partial charge in [-0.15, -0.1) is 0 Å². The predicted octanol–water partition coefficient (Wildman–Crippen LogP) is 3.34. The van der Waals surface area contributed by atoms with Gasteiger partial charge in [-0.3, -0.25) is 4.79 Å².